The summed E-state index contributed by atoms with van der Waals surface area (Å²) in [4.78, 5) is 16.2. The van der Waals surface area contributed by atoms with Gasteiger partial charge in [0.05, 0.1) is 5.56 Å². The van der Waals surface area contributed by atoms with Crippen molar-refractivity contribution < 1.29 is 9.90 Å². The first kappa shape index (κ1) is 13.3. The Labute approximate surface area is 122 Å². The third-order valence-electron chi connectivity index (χ3n) is 3.69. The highest BCUT2D eigenvalue weighted by Gasteiger charge is 2.20. The van der Waals surface area contributed by atoms with Crippen LogP contribution in [-0.4, -0.2) is 16.0 Å². The van der Waals surface area contributed by atoms with E-state index in [0.717, 1.165) is 31.6 Å². The molecule has 2 aromatic rings. The van der Waals surface area contributed by atoms with Crippen molar-refractivity contribution in [3.05, 3.63) is 56.8 Å². The van der Waals surface area contributed by atoms with Gasteiger partial charge in [0.2, 0.25) is 0 Å². The summed E-state index contributed by atoms with van der Waals surface area (Å²) in [5.41, 5.74) is 2.79. The molecule has 3 rings (SSSR count). The average molecular weight is 287 g/mol. The molecule has 0 saturated carbocycles. The van der Waals surface area contributed by atoms with Crippen molar-refractivity contribution in [2.75, 3.05) is 0 Å². The second-order valence-electron chi connectivity index (χ2n) is 5.16. The van der Waals surface area contributed by atoms with Gasteiger partial charge in [0.15, 0.2) is 0 Å². The van der Waals surface area contributed by atoms with Gasteiger partial charge in [-0.05, 0) is 41.8 Å². The average Bonchev–Trinajstić information content (AvgIpc) is 3.03. The lowest BCUT2D eigenvalue weighted by Crippen LogP contribution is -2.14. The lowest BCUT2D eigenvalue weighted by Gasteiger charge is -2.12. The molecule has 0 bridgehead atoms. The summed E-state index contributed by atoms with van der Waals surface area (Å²) < 4.78 is 0. The molecule has 0 unspecified atom stereocenters. The van der Waals surface area contributed by atoms with Crippen LogP contribution in [-0.2, 0) is 26.1 Å². The van der Waals surface area contributed by atoms with E-state index in [1.54, 1.807) is 6.07 Å². The molecule has 1 N–H and O–H groups in total. The van der Waals surface area contributed by atoms with Crippen molar-refractivity contribution in [2.24, 2.45) is 0 Å². The number of nitrogens with zero attached hydrogens (tertiary/aromatic N) is 1. The molecule has 0 radical (unpaired) electrons. The SMILES string of the molecule is CCc1ccc(CN2Cc3ccc(C(=O)O)cc3C2)s1. The molecule has 0 saturated heterocycles. The van der Waals surface area contributed by atoms with E-state index >= 15 is 0 Å². The Bertz CT molecular complexity index is 648. The number of hydrogen-bond acceptors (Lipinski definition) is 3. The van der Waals surface area contributed by atoms with Crippen LogP contribution in [0.5, 0.6) is 0 Å². The van der Waals surface area contributed by atoms with E-state index in [0.29, 0.717) is 5.56 Å². The highest BCUT2D eigenvalue weighted by molar-refractivity contribution is 7.11. The maximum atomic E-state index is 11.0. The molecule has 1 aromatic heterocycles. The van der Waals surface area contributed by atoms with Crippen LogP contribution < -0.4 is 0 Å². The van der Waals surface area contributed by atoms with Gasteiger partial charge in [-0.1, -0.05) is 13.0 Å². The van der Waals surface area contributed by atoms with Crippen molar-refractivity contribution in [3.8, 4) is 0 Å². The van der Waals surface area contributed by atoms with Crippen LogP contribution >= 0.6 is 11.3 Å². The van der Waals surface area contributed by atoms with E-state index in [9.17, 15) is 4.79 Å². The van der Waals surface area contributed by atoms with Gasteiger partial charge in [-0.15, -0.1) is 11.3 Å². The fourth-order valence-electron chi connectivity index (χ4n) is 2.63. The molecule has 1 aliphatic heterocycles. The van der Waals surface area contributed by atoms with Crippen LogP contribution in [0.25, 0.3) is 0 Å². The van der Waals surface area contributed by atoms with Crippen molar-refractivity contribution >= 4 is 17.3 Å². The lowest BCUT2D eigenvalue weighted by atomic mass is 10.1. The molecule has 0 atom stereocenters. The minimum Gasteiger partial charge on any atom is -0.478 e. The summed E-state index contributed by atoms with van der Waals surface area (Å²) in [5, 5.41) is 9.04. The molecule has 0 amide bonds. The second kappa shape index (κ2) is 5.38. The first-order chi connectivity index (χ1) is 9.65. The maximum absolute atomic E-state index is 11.0. The highest BCUT2D eigenvalue weighted by atomic mass is 32.1. The third-order valence-corrected chi connectivity index (χ3v) is 4.90. The number of thiophene rings is 1. The molecule has 0 fully saturated rings. The number of aromatic carboxylic acids is 1. The Morgan fingerprint density at radius 1 is 1.20 bits per heavy atom. The van der Waals surface area contributed by atoms with Crippen LogP contribution in [0.3, 0.4) is 0 Å². The highest BCUT2D eigenvalue weighted by Crippen LogP contribution is 2.27. The molecular formula is C16H17NO2S. The fraction of sp³-hybridized carbons (Fsp3) is 0.312. The topological polar surface area (TPSA) is 40.5 Å². The number of aryl methyl sites for hydroxylation is 1. The fourth-order valence-corrected chi connectivity index (χ4v) is 3.63. The third kappa shape index (κ3) is 2.62. The van der Waals surface area contributed by atoms with E-state index in [1.807, 2.05) is 23.5 Å². The van der Waals surface area contributed by atoms with E-state index in [4.69, 9.17) is 5.11 Å². The standard InChI is InChI=1S/C16H17NO2S/c1-2-14-5-6-15(20-14)10-17-8-12-4-3-11(16(18)19)7-13(12)9-17/h3-7H,2,8-10H2,1H3,(H,18,19). The number of carboxylic acid groups (broad SMARTS) is 1. The molecule has 3 nitrogen and oxygen atoms in total. The predicted molar refractivity (Wildman–Crippen MR) is 80.0 cm³/mol. The number of fused-ring (bicyclic) bond motifs is 1. The van der Waals surface area contributed by atoms with Crippen LogP contribution in [0.15, 0.2) is 30.3 Å². The number of rotatable bonds is 4. The van der Waals surface area contributed by atoms with Gasteiger partial charge >= 0.3 is 5.97 Å². The molecule has 1 aromatic carbocycles. The van der Waals surface area contributed by atoms with Crippen LogP contribution in [0, 0.1) is 0 Å². The molecule has 1 aliphatic rings. The van der Waals surface area contributed by atoms with E-state index in [-0.39, 0.29) is 0 Å². The molecule has 0 aliphatic carbocycles. The summed E-state index contributed by atoms with van der Waals surface area (Å²) in [6.07, 6.45) is 1.09. The summed E-state index contributed by atoms with van der Waals surface area (Å²) >= 11 is 1.87. The first-order valence-corrected chi connectivity index (χ1v) is 7.62. The quantitative estimate of drug-likeness (QED) is 0.935. The first-order valence-electron chi connectivity index (χ1n) is 6.80. The molecular weight excluding hydrogens is 270 g/mol. The van der Waals surface area contributed by atoms with E-state index < -0.39 is 5.97 Å². The minimum absolute atomic E-state index is 0.384. The van der Waals surface area contributed by atoms with Crippen molar-refractivity contribution in [1.29, 1.82) is 0 Å². The van der Waals surface area contributed by atoms with Gasteiger partial charge in [0.25, 0.3) is 0 Å². The number of benzene rings is 1. The second-order valence-corrected chi connectivity index (χ2v) is 6.41. The number of carboxylic acids is 1. The Kier molecular flexibility index (Phi) is 3.59. The number of hydrogen-bond donors (Lipinski definition) is 1. The summed E-state index contributed by atoms with van der Waals surface area (Å²) in [5.74, 6) is -0.850. The van der Waals surface area contributed by atoms with Gasteiger partial charge in [0, 0.05) is 29.4 Å². The van der Waals surface area contributed by atoms with E-state index in [1.165, 1.54) is 15.3 Å². The molecule has 4 heteroatoms. The molecule has 0 spiro atoms. The van der Waals surface area contributed by atoms with Gasteiger partial charge in [-0.25, -0.2) is 4.79 Å². The zero-order valence-electron chi connectivity index (χ0n) is 11.4. The molecule has 104 valence electrons. The summed E-state index contributed by atoms with van der Waals surface area (Å²) in [6, 6.07) is 9.86. The van der Waals surface area contributed by atoms with Gasteiger partial charge < -0.3 is 5.11 Å². The van der Waals surface area contributed by atoms with Crippen LogP contribution in [0.2, 0.25) is 0 Å². The minimum atomic E-state index is -0.850. The Morgan fingerprint density at radius 3 is 2.65 bits per heavy atom. The number of carbonyl (C=O) groups is 1. The molecule has 2 heterocycles. The smallest absolute Gasteiger partial charge is 0.335 e. The summed E-state index contributed by atoms with van der Waals surface area (Å²) in [6.45, 7) is 4.88. The van der Waals surface area contributed by atoms with Gasteiger partial charge in [0.1, 0.15) is 0 Å². The van der Waals surface area contributed by atoms with Crippen LogP contribution in [0.4, 0.5) is 0 Å². The Hall–Kier alpha value is -1.65. The van der Waals surface area contributed by atoms with Gasteiger partial charge in [-0.2, -0.15) is 0 Å². The molecule has 20 heavy (non-hydrogen) atoms. The van der Waals surface area contributed by atoms with Crippen LogP contribution in [0.1, 0.15) is 38.2 Å². The largest absolute Gasteiger partial charge is 0.478 e. The maximum Gasteiger partial charge on any atom is 0.335 e. The summed E-state index contributed by atoms with van der Waals surface area (Å²) in [7, 11) is 0. The van der Waals surface area contributed by atoms with Crippen molar-refractivity contribution in [2.45, 2.75) is 33.0 Å². The zero-order chi connectivity index (χ0) is 14.1. The van der Waals surface area contributed by atoms with Crippen molar-refractivity contribution in [3.63, 3.8) is 0 Å². The normalized spacial score (nSPS) is 14.4. The van der Waals surface area contributed by atoms with Crippen molar-refractivity contribution in [1.82, 2.24) is 4.90 Å². The van der Waals surface area contributed by atoms with Gasteiger partial charge in [-0.3, -0.25) is 4.90 Å². The Balaban J connectivity index is 1.72. The lowest BCUT2D eigenvalue weighted by molar-refractivity contribution is 0.0696. The van der Waals surface area contributed by atoms with E-state index in [2.05, 4.69) is 24.0 Å². The predicted octanol–water partition coefficient (Wildman–Crippen LogP) is 3.52. The Morgan fingerprint density at radius 2 is 1.95 bits per heavy atom. The monoisotopic (exact) mass is 287 g/mol. The zero-order valence-corrected chi connectivity index (χ0v) is 12.2.